The average molecular weight is 703 g/mol. The van der Waals surface area contributed by atoms with E-state index in [1.165, 1.54) is 0 Å². The molecule has 0 bridgehead atoms. The molecular formula is C44H54N4O4. The monoisotopic (exact) mass is 702 g/mol. The highest BCUT2D eigenvalue weighted by atomic mass is 16.2. The van der Waals surface area contributed by atoms with Crippen LogP contribution in [0.5, 0.6) is 0 Å². The molecule has 52 heavy (non-hydrogen) atoms. The Hall–Kier alpha value is -5.24. The van der Waals surface area contributed by atoms with Crippen LogP contribution in [-0.2, 0) is 19.2 Å². The molecule has 4 N–H and O–H groups in total. The molecule has 8 nitrogen and oxygen atoms in total. The van der Waals surface area contributed by atoms with Gasteiger partial charge in [-0.1, -0.05) is 104 Å². The summed E-state index contributed by atoms with van der Waals surface area (Å²) in [6, 6.07) is 30.0. The fourth-order valence-electron chi connectivity index (χ4n) is 5.93. The fraction of sp³-hybridized carbons (Fsp3) is 0.364. The number of anilines is 4. The summed E-state index contributed by atoms with van der Waals surface area (Å²) in [6.07, 6.45) is -0.662. The summed E-state index contributed by atoms with van der Waals surface area (Å²) in [5, 5.41) is 11.6. The fourth-order valence-corrected chi connectivity index (χ4v) is 5.93. The molecule has 0 fully saturated rings. The number of carbonyl (C=O) groups is 4. The Labute approximate surface area is 309 Å². The molecule has 4 aromatic rings. The lowest BCUT2D eigenvalue weighted by Gasteiger charge is -2.26. The molecule has 0 saturated heterocycles. The summed E-state index contributed by atoms with van der Waals surface area (Å²) in [7, 11) is 0. The molecule has 274 valence electrons. The summed E-state index contributed by atoms with van der Waals surface area (Å²) >= 11 is 0. The van der Waals surface area contributed by atoms with E-state index in [-0.39, 0.29) is 12.8 Å². The van der Waals surface area contributed by atoms with Crippen LogP contribution in [0.25, 0.3) is 0 Å². The third kappa shape index (κ3) is 11.4. The van der Waals surface area contributed by atoms with E-state index in [4.69, 9.17) is 0 Å². The average Bonchev–Trinajstić information content (AvgIpc) is 3.10. The van der Waals surface area contributed by atoms with Gasteiger partial charge in [0.15, 0.2) is 0 Å². The first kappa shape index (κ1) is 39.5. The van der Waals surface area contributed by atoms with Crippen LogP contribution in [0.15, 0.2) is 97.1 Å². The molecule has 8 heteroatoms. The van der Waals surface area contributed by atoms with Crippen molar-refractivity contribution in [2.75, 3.05) is 21.3 Å². The van der Waals surface area contributed by atoms with Gasteiger partial charge in [0.2, 0.25) is 23.6 Å². The normalized spacial score (nSPS) is 12.5. The van der Waals surface area contributed by atoms with Crippen LogP contribution in [0.4, 0.5) is 22.7 Å². The minimum Gasteiger partial charge on any atom is -0.326 e. The molecule has 2 atom stereocenters. The van der Waals surface area contributed by atoms with E-state index in [0.717, 1.165) is 22.3 Å². The number of nitrogens with one attached hydrogen (secondary N) is 4. The molecule has 2 unspecified atom stereocenters. The van der Waals surface area contributed by atoms with Gasteiger partial charge in [0.1, 0.15) is 0 Å². The smallest absolute Gasteiger partial charge is 0.228 e. The predicted octanol–water partition coefficient (Wildman–Crippen LogP) is 10.0. The van der Waals surface area contributed by atoms with Gasteiger partial charge in [0, 0.05) is 35.6 Å². The van der Waals surface area contributed by atoms with Crippen molar-refractivity contribution in [3.05, 3.63) is 119 Å². The third-order valence-corrected chi connectivity index (χ3v) is 9.38. The lowest BCUT2D eigenvalue weighted by Crippen LogP contribution is -2.40. The number of amides is 4. The molecular weight excluding hydrogens is 649 g/mol. The Morgan fingerprint density at radius 2 is 0.577 bits per heavy atom. The van der Waals surface area contributed by atoms with Crippen LogP contribution in [0.3, 0.4) is 0 Å². The lowest BCUT2D eigenvalue weighted by atomic mass is 9.84. The van der Waals surface area contributed by atoms with Crippen molar-refractivity contribution in [1.82, 2.24) is 0 Å². The van der Waals surface area contributed by atoms with E-state index in [0.29, 0.717) is 46.4 Å². The molecule has 0 aliphatic rings. The van der Waals surface area contributed by atoms with Gasteiger partial charge in [-0.15, -0.1) is 0 Å². The topological polar surface area (TPSA) is 116 Å². The zero-order valence-electron chi connectivity index (χ0n) is 31.7. The van der Waals surface area contributed by atoms with Gasteiger partial charge in [-0.3, -0.25) is 19.2 Å². The minimum absolute atomic E-state index is 0.304. The minimum atomic E-state index is -1.19. The van der Waals surface area contributed by atoms with Crippen molar-refractivity contribution in [2.45, 2.75) is 91.9 Å². The molecule has 4 aromatic carbocycles. The Kier molecular flexibility index (Phi) is 13.9. The highest BCUT2D eigenvalue weighted by molar-refractivity contribution is 6.05. The summed E-state index contributed by atoms with van der Waals surface area (Å²) < 4.78 is 0. The van der Waals surface area contributed by atoms with Crippen LogP contribution < -0.4 is 21.3 Å². The first-order valence-corrected chi connectivity index (χ1v) is 18.3. The largest absolute Gasteiger partial charge is 0.326 e. The Morgan fingerprint density at radius 3 is 0.788 bits per heavy atom. The zero-order valence-corrected chi connectivity index (χ0v) is 31.7. The molecule has 0 saturated carbocycles. The highest BCUT2D eigenvalue weighted by Gasteiger charge is 2.37. The number of hydrogen-bond donors (Lipinski definition) is 4. The van der Waals surface area contributed by atoms with Gasteiger partial charge in [-0.05, 0) is 94.5 Å². The Morgan fingerprint density at radius 1 is 0.365 bits per heavy atom. The maximum absolute atomic E-state index is 14.2. The second-order valence-corrected chi connectivity index (χ2v) is 14.8. The summed E-state index contributed by atoms with van der Waals surface area (Å²) in [4.78, 5) is 55.7. The van der Waals surface area contributed by atoms with Crippen LogP contribution in [-0.4, -0.2) is 23.6 Å². The van der Waals surface area contributed by atoms with Crippen molar-refractivity contribution in [2.24, 2.45) is 11.8 Å². The van der Waals surface area contributed by atoms with E-state index in [1.54, 1.807) is 24.3 Å². The van der Waals surface area contributed by atoms with Gasteiger partial charge in [0.25, 0.3) is 0 Å². The molecule has 0 heterocycles. The Bertz CT molecular complexity index is 1660. The van der Waals surface area contributed by atoms with E-state index in [9.17, 15) is 19.2 Å². The standard InChI is InChI=1S/C44H54N4O4/c1-27(2)31-9-17-35(18-10-31)45-41(49)25-39(43(51)47-37-21-13-33(14-22-37)29(5)6)40(44(52)48-38-23-15-34(16-24-38)30(7)8)26-42(50)46-36-19-11-32(12-20-36)28(3)4/h9-24,27-30,39-40H,25-26H2,1-8H3,(H,45,49)(H,46,50)(H,47,51)(H,48,52). The van der Waals surface area contributed by atoms with Crippen molar-refractivity contribution >= 4 is 46.4 Å². The molecule has 4 amide bonds. The predicted molar refractivity (Wildman–Crippen MR) is 213 cm³/mol. The van der Waals surface area contributed by atoms with Gasteiger partial charge in [-0.25, -0.2) is 0 Å². The SMILES string of the molecule is CC(C)c1ccc(NC(=O)CC(C(=O)Nc2ccc(C(C)C)cc2)C(CC(=O)Nc2ccc(C(C)C)cc2)C(=O)Nc2ccc(C(C)C)cc2)cc1. The zero-order chi connectivity index (χ0) is 37.9. The van der Waals surface area contributed by atoms with Crippen LogP contribution in [0.1, 0.15) is 114 Å². The van der Waals surface area contributed by atoms with Crippen molar-refractivity contribution in [3.8, 4) is 0 Å². The van der Waals surface area contributed by atoms with Crippen LogP contribution in [0.2, 0.25) is 0 Å². The summed E-state index contributed by atoms with van der Waals surface area (Å²) in [5.74, 6) is -3.09. The highest BCUT2D eigenvalue weighted by Crippen LogP contribution is 2.28. The number of hydrogen-bond acceptors (Lipinski definition) is 4. The molecule has 0 aromatic heterocycles. The Balaban J connectivity index is 1.66. The number of rotatable bonds is 15. The van der Waals surface area contributed by atoms with Gasteiger partial charge < -0.3 is 21.3 Å². The second kappa shape index (κ2) is 18.3. The van der Waals surface area contributed by atoms with Gasteiger partial charge >= 0.3 is 0 Å². The second-order valence-electron chi connectivity index (χ2n) is 14.8. The molecule has 0 radical (unpaired) electrons. The maximum atomic E-state index is 14.2. The van der Waals surface area contributed by atoms with Crippen LogP contribution in [0, 0.1) is 11.8 Å². The molecule has 0 aliphatic carbocycles. The maximum Gasteiger partial charge on any atom is 0.228 e. The van der Waals surface area contributed by atoms with Crippen molar-refractivity contribution < 1.29 is 19.2 Å². The van der Waals surface area contributed by atoms with Crippen LogP contribution >= 0.6 is 0 Å². The number of carbonyl (C=O) groups excluding carboxylic acids is 4. The van der Waals surface area contributed by atoms with E-state index in [1.807, 2.05) is 72.8 Å². The van der Waals surface area contributed by atoms with Crippen molar-refractivity contribution in [3.63, 3.8) is 0 Å². The molecule has 0 spiro atoms. The molecule has 4 rings (SSSR count). The first-order valence-electron chi connectivity index (χ1n) is 18.3. The summed E-state index contributed by atoms with van der Waals surface area (Å²) in [6.45, 7) is 16.7. The van der Waals surface area contributed by atoms with E-state index in [2.05, 4.69) is 76.7 Å². The van der Waals surface area contributed by atoms with Crippen molar-refractivity contribution in [1.29, 1.82) is 0 Å². The lowest BCUT2D eigenvalue weighted by molar-refractivity contribution is -0.134. The van der Waals surface area contributed by atoms with Gasteiger partial charge in [-0.2, -0.15) is 0 Å². The number of benzene rings is 4. The quantitative estimate of drug-likeness (QED) is 0.0987. The third-order valence-electron chi connectivity index (χ3n) is 9.38. The van der Waals surface area contributed by atoms with E-state index < -0.39 is 35.5 Å². The molecule has 0 aliphatic heterocycles. The van der Waals surface area contributed by atoms with E-state index >= 15 is 0 Å². The van der Waals surface area contributed by atoms with Gasteiger partial charge in [0.05, 0.1) is 11.8 Å². The summed E-state index contributed by atoms with van der Waals surface area (Å²) in [5.41, 5.74) is 6.68. The first-order chi connectivity index (χ1) is 24.7.